The Morgan fingerprint density at radius 1 is 1.18 bits per heavy atom. The number of aromatic hydroxyl groups is 1. The number of thioether (sulfide) groups is 1. The van der Waals surface area contributed by atoms with Crippen molar-refractivity contribution in [2.45, 2.75) is 13.6 Å². The maximum absolute atomic E-state index is 12.3. The molecule has 6 N–H and O–H groups in total. The van der Waals surface area contributed by atoms with E-state index >= 15 is 0 Å². The first-order chi connectivity index (χ1) is 12.2. The fourth-order valence-corrected chi connectivity index (χ4v) is 1.85. The van der Waals surface area contributed by atoms with Crippen molar-refractivity contribution in [1.29, 1.82) is 0 Å². The molecule has 156 valence electrons. The van der Waals surface area contributed by atoms with Crippen molar-refractivity contribution in [3.8, 4) is 5.75 Å². The smallest absolute Gasteiger partial charge is 0.416 e. The van der Waals surface area contributed by atoms with Gasteiger partial charge in [-0.05, 0) is 42.7 Å². The molecule has 0 radical (unpaired) electrons. The molecule has 0 fully saturated rings. The van der Waals surface area contributed by atoms with Gasteiger partial charge in [-0.1, -0.05) is 31.3 Å². The Labute approximate surface area is 182 Å². The van der Waals surface area contributed by atoms with Crippen LogP contribution >= 0.6 is 35.7 Å². The maximum Gasteiger partial charge on any atom is 0.416 e. The topological polar surface area (TPSA) is 114 Å². The molecule has 0 aliphatic carbocycles. The molecule has 6 nitrogen and oxygen atoms in total. The Bertz CT molecular complexity index is 789. The van der Waals surface area contributed by atoms with Gasteiger partial charge in [0.15, 0.2) is 5.17 Å². The molecule has 0 unspecified atom stereocenters. The second-order valence-corrected chi connectivity index (χ2v) is 5.55. The van der Waals surface area contributed by atoms with Gasteiger partial charge in [0.2, 0.25) is 0 Å². The van der Waals surface area contributed by atoms with Gasteiger partial charge in [0.1, 0.15) is 5.75 Å². The Hall–Kier alpha value is -1.99. The first-order valence-corrected chi connectivity index (χ1v) is 8.25. The minimum Gasteiger partial charge on any atom is -0.508 e. The van der Waals surface area contributed by atoms with Gasteiger partial charge in [-0.15, -0.1) is 24.0 Å². The third-order valence-corrected chi connectivity index (χ3v) is 3.37. The number of hydrogen-bond donors (Lipinski definition) is 4. The highest BCUT2D eigenvalue weighted by Crippen LogP contribution is 2.31. The number of nitrogen functional groups attached to an aromatic ring is 1. The van der Waals surface area contributed by atoms with E-state index in [0.29, 0.717) is 5.56 Å². The number of carbonyl (C=O) groups excluding carboxylic acids is 1. The number of carbonyl (C=O) groups is 1. The van der Waals surface area contributed by atoms with Gasteiger partial charge >= 0.3 is 6.18 Å². The zero-order chi connectivity index (χ0) is 19.7. The van der Waals surface area contributed by atoms with Crippen LogP contribution in [0, 0.1) is 0 Å². The zero-order valence-corrected chi connectivity index (χ0v) is 17.2. The summed E-state index contributed by atoms with van der Waals surface area (Å²) in [6.45, 7) is 0. The van der Waals surface area contributed by atoms with E-state index < -0.39 is 17.6 Å². The molecule has 0 aliphatic rings. The highest BCUT2D eigenvalue weighted by atomic mass is 127. The molecule has 0 atom stereocenters. The number of benzene rings is 2. The number of halogens is 4. The average molecular weight is 530 g/mol. The number of alkyl halides is 3. The van der Waals surface area contributed by atoms with E-state index in [-0.39, 0.29) is 48.0 Å². The van der Waals surface area contributed by atoms with E-state index in [1.807, 2.05) is 5.43 Å². The molecular formula is C17H22F3IN4O2S. The summed E-state index contributed by atoms with van der Waals surface area (Å²) in [5.41, 5.74) is 7.18. The summed E-state index contributed by atoms with van der Waals surface area (Å²) >= 11 is 1.18. The van der Waals surface area contributed by atoms with Gasteiger partial charge in [-0.3, -0.25) is 10.2 Å². The number of nitrogens with one attached hydrogen (secondary N) is 1. The zero-order valence-electron chi connectivity index (χ0n) is 14.0. The second kappa shape index (κ2) is 13.2. The number of phenolic OH excluding ortho intramolecular Hbond substituents is 1. The van der Waals surface area contributed by atoms with Crippen LogP contribution in [0.2, 0.25) is 0 Å². The fraction of sp³-hybridized carbons (Fsp3) is 0.176. The molecule has 0 bridgehead atoms. The Morgan fingerprint density at radius 3 is 2.29 bits per heavy atom. The van der Waals surface area contributed by atoms with Gasteiger partial charge in [-0.25, -0.2) is 10.8 Å². The number of aliphatic imine (C=N–C) groups is 1. The minimum absolute atomic E-state index is 0. The van der Waals surface area contributed by atoms with Gasteiger partial charge in [0.25, 0.3) is 5.91 Å². The van der Waals surface area contributed by atoms with E-state index in [4.69, 9.17) is 16.7 Å². The normalized spacial score (nSPS) is 10.5. The highest BCUT2D eigenvalue weighted by Gasteiger charge is 2.30. The lowest BCUT2D eigenvalue weighted by Crippen LogP contribution is -2.29. The van der Waals surface area contributed by atoms with Gasteiger partial charge < -0.3 is 10.8 Å². The van der Waals surface area contributed by atoms with Crippen molar-refractivity contribution in [1.82, 2.24) is 5.43 Å². The first-order valence-electron chi connectivity index (χ1n) is 7.02. The molecule has 28 heavy (non-hydrogen) atoms. The van der Waals surface area contributed by atoms with Crippen LogP contribution in [0.1, 0.15) is 23.3 Å². The van der Waals surface area contributed by atoms with Crippen LogP contribution in [0.25, 0.3) is 0 Å². The molecule has 2 aromatic carbocycles. The highest BCUT2D eigenvalue weighted by molar-refractivity contribution is 14.0. The van der Waals surface area contributed by atoms with Gasteiger partial charge in [-0.2, -0.15) is 13.2 Å². The standard InChI is InChI=1S/C9H9F3N2S.C7H8N2O2.CH4.HI/c1-15-8(13)14-7-4-2-3-6(5-7)9(10,11)12;8-9-7(11)5-2-1-3-6(10)4-5;;/h2-5H,1H3,(H2,13,14);1-4,10H,8H2,(H,9,11);1H4;1H. The van der Waals surface area contributed by atoms with Crippen LogP contribution in [-0.4, -0.2) is 22.4 Å². The SMILES string of the molecule is C.CSC(N)=Nc1cccc(C(F)(F)F)c1.I.NNC(=O)c1cccc(O)c1. The van der Waals surface area contributed by atoms with Crippen molar-refractivity contribution in [2.75, 3.05) is 6.26 Å². The van der Waals surface area contributed by atoms with Crippen LogP contribution in [0.15, 0.2) is 53.5 Å². The van der Waals surface area contributed by atoms with E-state index in [2.05, 4.69) is 4.99 Å². The number of rotatable bonds is 2. The average Bonchev–Trinajstić information content (AvgIpc) is 2.61. The molecule has 2 rings (SSSR count). The quantitative estimate of drug-likeness (QED) is 0.116. The molecule has 0 saturated carbocycles. The summed E-state index contributed by atoms with van der Waals surface area (Å²) < 4.78 is 36.9. The Morgan fingerprint density at radius 2 is 1.79 bits per heavy atom. The monoisotopic (exact) mass is 530 g/mol. The van der Waals surface area contributed by atoms with Crippen LogP contribution in [0.5, 0.6) is 5.75 Å². The van der Waals surface area contributed by atoms with Crippen LogP contribution in [-0.2, 0) is 6.18 Å². The lowest BCUT2D eigenvalue weighted by Gasteiger charge is -2.06. The van der Waals surface area contributed by atoms with Crippen molar-refractivity contribution < 1.29 is 23.1 Å². The number of phenols is 1. The Kier molecular flexibility index (Phi) is 13.3. The maximum atomic E-state index is 12.3. The predicted molar refractivity (Wildman–Crippen MR) is 118 cm³/mol. The summed E-state index contributed by atoms with van der Waals surface area (Å²) in [6.07, 6.45) is -2.65. The van der Waals surface area contributed by atoms with Crippen molar-refractivity contribution in [3.05, 3.63) is 59.7 Å². The van der Waals surface area contributed by atoms with Crippen molar-refractivity contribution >= 4 is 52.5 Å². The molecule has 11 heteroatoms. The number of hydrazine groups is 1. The lowest BCUT2D eigenvalue weighted by atomic mass is 10.2. The van der Waals surface area contributed by atoms with E-state index in [1.165, 1.54) is 36.0 Å². The molecule has 0 heterocycles. The number of nitrogens with two attached hydrogens (primary N) is 2. The van der Waals surface area contributed by atoms with E-state index in [9.17, 15) is 18.0 Å². The second-order valence-electron chi connectivity index (χ2n) is 4.73. The van der Waals surface area contributed by atoms with Gasteiger partial charge in [0, 0.05) is 5.56 Å². The third-order valence-electron chi connectivity index (χ3n) is 2.86. The number of nitrogens with zero attached hydrogens (tertiary/aromatic N) is 1. The molecule has 0 spiro atoms. The molecule has 1 amide bonds. The van der Waals surface area contributed by atoms with Crippen molar-refractivity contribution in [3.63, 3.8) is 0 Å². The van der Waals surface area contributed by atoms with Gasteiger partial charge in [0.05, 0.1) is 11.3 Å². The summed E-state index contributed by atoms with van der Waals surface area (Å²) in [4.78, 5) is 14.6. The third kappa shape index (κ3) is 9.80. The lowest BCUT2D eigenvalue weighted by molar-refractivity contribution is -0.137. The molecule has 2 aromatic rings. The fourth-order valence-electron chi connectivity index (χ4n) is 1.66. The molecule has 0 saturated heterocycles. The predicted octanol–water partition coefficient (Wildman–Crippen LogP) is 4.26. The number of amides is 1. The van der Waals surface area contributed by atoms with Crippen LogP contribution in [0.3, 0.4) is 0 Å². The minimum atomic E-state index is -4.35. The number of hydrogen-bond acceptors (Lipinski definition) is 5. The van der Waals surface area contributed by atoms with Crippen LogP contribution < -0.4 is 17.0 Å². The van der Waals surface area contributed by atoms with E-state index in [1.54, 1.807) is 18.4 Å². The summed E-state index contributed by atoms with van der Waals surface area (Å²) in [7, 11) is 0. The summed E-state index contributed by atoms with van der Waals surface area (Å²) in [5, 5.41) is 9.17. The van der Waals surface area contributed by atoms with E-state index in [0.717, 1.165) is 12.1 Å². The molecular weight excluding hydrogens is 508 g/mol. The summed E-state index contributed by atoms with van der Waals surface area (Å²) in [6, 6.07) is 10.7. The molecule has 0 aliphatic heterocycles. The van der Waals surface area contributed by atoms with Crippen molar-refractivity contribution in [2.24, 2.45) is 16.6 Å². The first kappa shape index (κ1) is 28.2. The molecule has 0 aromatic heterocycles. The summed E-state index contributed by atoms with van der Waals surface area (Å²) in [5.74, 6) is 4.50. The van der Waals surface area contributed by atoms with Crippen LogP contribution in [0.4, 0.5) is 18.9 Å². The largest absolute Gasteiger partial charge is 0.508 e. The number of amidine groups is 1. The Balaban J connectivity index is 0.